The second-order valence-electron chi connectivity index (χ2n) is 5.45. The van der Waals surface area contributed by atoms with Gasteiger partial charge in [-0.2, -0.15) is 0 Å². The third-order valence-electron chi connectivity index (χ3n) is 3.78. The topological polar surface area (TPSA) is 79.4 Å². The average molecular weight is 445 g/mol. The van der Waals surface area contributed by atoms with Gasteiger partial charge in [-0.15, -0.1) is 0 Å². The number of fused-ring (bicyclic) bond motifs is 1. The molecule has 0 bridgehead atoms. The van der Waals surface area contributed by atoms with Crippen molar-refractivity contribution < 1.29 is 19.0 Å². The molecular weight excluding hydrogens is 429 g/mol. The molecule has 0 saturated carbocycles. The van der Waals surface area contributed by atoms with E-state index in [1.54, 1.807) is 24.3 Å². The van der Waals surface area contributed by atoms with E-state index in [-0.39, 0.29) is 24.6 Å². The van der Waals surface area contributed by atoms with Crippen molar-refractivity contribution in [3.05, 3.63) is 51.5 Å². The van der Waals surface area contributed by atoms with E-state index in [0.717, 1.165) is 4.47 Å². The number of rotatable bonds is 7. The molecule has 26 heavy (non-hydrogen) atoms. The first-order chi connectivity index (χ1) is 12.5. The maximum atomic E-state index is 15.1. The van der Waals surface area contributed by atoms with Crippen molar-refractivity contribution in [3.8, 4) is 0 Å². The zero-order valence-corrected chi connectivity index (χ0v) is 16.1. The van der Waals surface area contributed by atoms with Gasteiger partial charge in [0.2, 0.25) is 0 Å². The summed E-state index contributed by atoms with van der Waals surface area (Å²) in [6.07, 6.45) is 0.603. The fraction of sp³-hybridized carbons (Fsp3) is 0.235. The Morgan fingerprint density at radius 3 is 2.92 bits per heavy atom. The molecule has 3 N–H and O–H groups in total. The van der Waals surface area contributed by atoms with Gasteiger partial charge >= 0.3 is 0 Å². The molecule has 6 nitrogen and oxygen atoms in total. The molecule has 0 fully saturated rings. The number of H-pyrrole nitrogens is 1. The average Bonchev–Trinajstić information content (AvgIpc) is 3.09. The smallest absolute Gasteiger partial charge is 0.174 e. The van der Waals surface area contributed by atoms with Crippen LogP contribution in [0.5, 0.6) is 0 Å². The largest absolute Gasteiger partial charge is 0.393 e. The number of hydrogen-bond acceptors (Lipinski definition) is 5. The standard InChI is InChI=1S/C17H16BrClFN3O3/c1-25-8-26-14(6-24)10-5-13-17(22-7-21-13)15(20)16(10)23-12-3-2-9(18)4-11(12)19/h2-5,7,14,23-24H,6,8H2,1H3,(H,21,22). The predicted octanol–water partition coefficient (Wildman–Crippen LogP) is 4.52. The number of hydrogen-bond donors (Lipinski definition) is 3. The van der Waals surface area contributed by atoms with Crippen molar-refractivity contribution >= 4 is 49.9 Å². The highest BCUT2D eigenvalue weighted by Crippen LogP contribution is 2.37. The van der Waals surface area contributed by atoms with Crippen LogP contribution in [-0.4, -0.2) is 35.6 Å². The first-order valence-electron chi connectivity index (χ1n) is 7.64. The molecule has 3 rings (SSSR count). The summed E-state index contributed by atoms with van der Waals surface area (Å²) in [5.74, 6) is -0.572. The normalized spacial score (nSPS) is 12.5. The Labute approximate surface area is 162 Å². The van der Waals surface area contributed by atoms with Gasteiger partial charge in [-0.1, -0.05) is 27.5 Å². The van der Waals surface area contributed by atoms with E-state index in [0.29, 0.717) is 21.8 Å². The van der Waals surface area contributed by atoms with Crippen LogP contribution in [-0.2, 0) is 9.47 Å². The lowest BCUT2D eigenvalue weighted by atomic mass is 10.0. The molecule has 0 aliphatic carbocycles. The molecule has 9 heteroatoms. The molecule has 1 atom stereocenters. The van der Waals surface area contributed by atoms with Gasteiger partial charge in [0, 0.05) is 17.1 Å². The van der Waals surface area contributed by atoms with Crippen LogP contribution < -0.4 is 5.32 Å². The number of methoxy groups -OCH3 is 1. The van der Waals surface area contributed by atoms with E-state index in [1.807, 2.05) is 0 Å². The van der Waals surface area contributed by atoms with E-state index in [1.165, 1.54) is 13.4 Å². The summed E-state index contributed by atoms with van der Waals surface area (Å²) in [4.78, 5) is 6.87. The Hall–Kier alpha value is -1.71. The third-order valence-corrected chi connectivity index (χ3v) is 4.58. The lowest BCUT2D eigenvalue weighted by Crippen LogP contribution is -2.14. The van der Waals surface area contributed by atoms with Gasteiger partial charge in [0.25, 0.3) is 0 Å². The zero-order chi connectivity index (χ0) is 18.7. The summed E-state index contributed by atoms with van der Waals surface area (Å²) in [7, 11) is 1.47. The van der Waals surface area contributed by atoms with Gasteiger partial charge in [0.05, 0.1) is 34.8 Å². The molecule has 0 aliphatic heterocycles. The number of aromatic nitrogens is 2. The maximum Gasteiger partial charge on any atom is 0.174 e. The Bertz CT molecular complexity index is 922. The van der Waals surface area contributed by atoms with E-state index in [2.05, 4.69) is 31.2 Å². The minimum Gasteiger partial charge on any atom is -0.393 e. The van der Waals surface area contributed by atoms with Crippen molar-refractivity contribution in [3.63, 3.8) is 0 Å². The number of benzene rings is 2. The fourth-order valence-corrected chi connectivity index (χ4v) is 3.28. The number of nitrogens with one attached hydrogen (secondary N) is 2. The Balaban J connectivity index is 2.11. The van der Waals surface area contributed by atoms with Gasteiger partial charge < -0.3 is 24.9 Å². The number of aliphatic hydroxyl groups is 1. The van der Waals surface area contributed by atoms with Crippen molar-refractivity contribution in [2.75, 3.05) is 25.8 Å². The number of nitrogens with zero attached hydrogens (tertiary/aromatic N) is 1. The summed E-state index contributed by atoms with van der Waals surface area (Å²) in [5.41, 5.74) is 1.72. The Morgan fingerprint density at radius 1 is 1.42 bits per heavy atom. The SMILES string of the molecule is COCOC(CO)c1cc2[nH]cnc2c(F)c1Nc1ccc(Br)cc1Cl. The van der Waals surface area contributed by atoms with Gasteiger partial charge in [0.15, 0.2) is 5.82 Å². The van der Waals surface area contributed by atoms with Gasteiger partial charge in [-0.25, -0.2) is 9.37 Å². The molecule has 0 amide bonds. The van der Waals surface area contributed by atoms with Crippen LogP contribution in [0.25, 0.3) is 11.0 Å². The summed E-state index contributed by atoms with van der Waals surface area (Å²) in [6.45, 7) is -0.405. The first-order valence-corrected chi connectivity index (χ1v) is 8.81. The molecule has 1 unspecified atom stereocenters. The highest BCUT2D eigenvalue weighted by molar-refractivity contribution is 9.10. The van der Waals surface area contributed by atoms with Gasteiger partial charge in [-0.05, 0) is 24.3 Å². The highest BCUT2D eigenvalue weighted by Gasteiger charge is 2.23. The zero-order valence-electron chi connectivity index (χ0n) is 13.7. The van der Waals surface area contributed by atoms with E-state index in [9.17, 15) is 5.11 Å². The van der Waals surface area contributed by atoms with Gasteiger partial charge in [-0.3, -0.25) is 0 Å². The van der Waals surface area contributed by atoms with Crippen LogP contribution in [0, 0.1) is 5.82 Å². The number of aromatic amines is 1. The van der Waals surface area contributed by atoms with Crippen molar-refractivity contribution in [2.45, 2.75) is 6.10 Å². The van der Waals surface area contributed by atoms with E-state index in [4.69, 9.17) is 21.1 Å². The maximum absolute atomic E-state index is 15.1. The number of imidazole rings is 1. The number of ether oxygens (including phenoxy) is 2. The highest BCUT2D eigenvalue weighted by atomic mass is 79.9. The molecule has 2 aromatic carbocycles. The Morgan fingerprint density at radius 2 is 2.23 bits per heavy atom. The minimum absolute atomic E-state index is 0.0493. The quantitative estimate of drug-likeness (QED) is 0.467. The molecule has 0 spiro atoms. The van der Waals surface area contributed by atoms with Gasteiger partial charge in [0.1, 0.15) is 18.4 Å². The van der Waals surface area contributed by atoms with Crippen LogP contribution in [0.15, 0.2) is 35.1 Å². The fourth-order valence-electron chi connectivity index (χ4n) is 2.56. The lowest BCUT2D eigenvalue weighted by Gasteiger charge is -2.21. The van der Waals surface area contributed by atoms with Crippen LogP contribution in [0.1, 0.15) is 11.7 Å². The Kier molecular flexibility index (Phi) is 6.10. The monoisotopic (exact) mass is 443 g/mol. The molecule has 0 saturated heterocycles. The van der Waals surface area contributed by atoms with Crippen LogP contribution in [0.3, 0.4) is 0 Å². The lowest BCUT2D eigenvalue weighted by molar-refractivity contribution is -0.0886. The molecule has 1 aromatic heterocycles. The predicted molar refractivity (Wildman–Crippen MR) is 101 cm³/mol. The van der Waals surface area contributed by atoms with E-state index < -0.39 is 11.9 Å². The number of aliphatic hydroxyl groups excluding tert-OH is 1. The molecule has 138 valence electrons. The second-order valence-corrected chi connectivity index (χ2v) is 6.77. The number of anilines is 2. The second kappa shape index (κ2) is 8.32. The molecule has 1 heterocycles. The molecular formula is C17H16BrClFN3O3. The molecule has 0 radical (unpaired) electrons. The summed E-state index contributed by atoms with van der Waals surface area (Å²) >= 11 is 9.57. The van der Waals surface area contributed by atoms with Crippen molar-refractivity contribution in [2.24, 2.45) is 0 Å². The minimum atomic E-state index is -0.797. The third kappa shape index (κ3) is 3.84. The summed E-state index contributed by atoms with van der Waals surface area (Å²) in [6, 6.07) is 6.87. The molecule has 3 aromatic rings. The van der Waals surface area contributed by atoms with Crippen molar-refractivity contribution in [1.82, 2.24) is 9.97 Å². The number of halogens is 3. The van der Waals surface area contributed by atoms with Crippen molar-refractivity contribution in [1.29, 1.82) is 0 Å². The first kappa shape index (κ1) is 19.1. The van der Waals surface area contributed by atoms with Crippen LogP contribution in [0.2, 0.25) is 5.02 Å². The van der Waals surface area contributed by atoms with Crippen LogP contribution in [0.4, 0.5) is 15.8 Å². The summed E-state index contributed by atoms with van der Waals surface area (Å²) in [5, 5.41) is 13.1. The van der Waals surface area contributed by atoms with E-state index >= 15 is 4.39 Å². The summed E-state index contributed by atoms with van der Waals surface area (Å²) < 4.78 is 26.3. The molecule has 0 aliphatic rings. The van der Waals surface area contributed by atoms with Crippen LogP contribution >= 0.6 is 27.5 Å².